The van der Waals surface area contributed by atoms with Gasteiger partial charge < -0.3 is 15.3 Å². The molecule has 2 aromatic rings. The Hall–Kier alpha value is -1.46. The maximum atomic E-state index is 9.70. The number of aliphatic hydroxyl groups is 1. The standard InChI is InChI=1S/C21H28N2OS/c24-20-10-13-23(14-11-20)17-19(16-21-9-5-15-25-21)22-12-4-8-18-6-2-1-3-7-18/h1-9,15,19-20,22,24H,10-14,16-17H2/b8-4+. The molecule has 1 aromatic carbocycles. The summed E-state index contributed by atoms with van der Waals surface area (Å²) in [6.45, 7) is 3.93. The quantitative estimate of drug-likeness (QED) is 0.761. The zero-order valence-corrected chi connectivity index (χ0v) is 15.5. The van der Waals surface area contributed by atoms with E-state index in [9.17, 15) is 5.11 Å². The monoisotopic (exact) mass is 356 g/mol. The summed E-state index contributed by atoms with van der Waals surface area (Å²) in [5.41, 5.74) is 1.24. The van der Waals surface area contributed by atoms with Crippen molar-refractivity contribution in [2.75, 3.05) is 26.2 Å². The van der Waals surface area contributed by atoms with Gasteiger partial charge in [-0.1, -0.05) is 48.6 Å². The second-order valence-corrected chi connectivity index (χ2v) is 7.77. The number of aliphatic hydroxyl groups excluding tert-OH is 1. The van der Waals surface area contributed by atoms with Crippen LogP contribution in [0.3, 0.4) is 0 Å². The van der Waals surface area contributed by atoms with Crippen molar-refractivity contribution in [2.24, 2.45) is 0 Å². The molecular formula is C21H28N2OS. The van der Waals surface area contributed by atoms with E-state index in [-0.39, 0.29) is 6.10 Å². The highest BCUT2D eigenvalue weighted by Gasteiger charge is 2.20. The van der Waals surface area contributed by atoms with Crippen molar-refractivity contribution in [1.82, 2.24) is 10.2 Å². The fraction of sp³-hybridized carbons (Fsp3) is 0.429. The van der Waals surface area contributed by atoms with Crippen LogP contribution in [-0.2, 0) is 6.42 Å². The minimum absolute atomic E-state index is 0.103. The van der Waals surface area contributed by atoms with Gasteiger partial charge in [-0.25, -0.2) is 0 Å². The highest BCUT2D eigenvalue weighted by Crippen LogP contribution is 2.14. The summed E-state index contributed by atoms with van der Waals surface area (Å²) in [6, 6.07) is 15.2. The number of piperidine rings is 1. The van der Waals surface area contributed by atoms with Crippen molar-refractivity contribution in [3.63, 3.8) is 0 Å². The molecule has 0 bridgehead atoms. The van der Waals surface area contributed by atoms with Gasteiger partial charge in [0.05, 0.1) is 6.10 Å². The Bertz CT molecular complexity index is 619. The molecule has 4 heteroatoms. The fourth-order valence-corrected chi connectivity index (χ4v) is 4.07. The molecule has 2 N–H and O–H groups in total. The summed E-state index contributed by atoms with van der Waals surface area (Å²) in [4.78, 5) is 3.92. The van der Waals surface area contributed by atoms with Gasteiger partial charge in [-0.2, -0.15) is 0 Å². The van der Waals surface area contributed by atoms with E-state index in [0.29, 0.717) is 6.04 Å². The number of hydrogen-bond acceptors (Lipinski definition) is 4. The lowest BCUT2D eigenvalue weighted by Crippen LogP contribution is -2.46. The molecule has 1 aliphatic heterocycles. The second-order valence-electron chi connectivity index (χ2n) is 6.73. The van der Waals surface area contributed by atoms with E-state index >= 15 is 0 Å². The molecule has 0 spiro atoms. The number of nitrogens with one attached hydrogen (secondary N) is 1. The van der Waals surface area contributed by atoms with Crippen LogP contribution in [0.2, 0.25) is 0 Å². The van der Waals surface area contributed by atoms with Gasteiger partial charge in [0.15, 0.2) is 0 Å². The molecule has 0 amide bonds. The third-order valence-corrected chi connectivity index (χ3v) is 5.60. The first-order valence-corrected chi connectivity index (χ1v) is 10.1. The average Bonchev–Trinajstić information content (AvgIpc) is 3.14. The lowest BCUT2D eigenvalue weighted by Gasteiger charge is -2.32. The van der Waals surface area contributed by atoms with E-state index in [2.05, 4.69) is 64.1 Å². The van der Waals surface area contributed by atoms with Gasteiger partial charge >= 0.3 is 0 Å². The molecule has 25 heavy (non-hydrogen) atoms. The first-order chi connectivity index (χ1) is 12.3. The van der Waals surface area contributed by atoms with E-state index < -0.39 is 0 Å². The van der Waals surface area contributed by atoms with Crippen molar-refractivity contribution in [2.45, 2.75) is 31.4 Å². The molecule has 1 saturated heterocycles. The molecular weight excluding hydrogens is 328 g/mol. The number of rotatable bonds is 8. The maximum absolute atomic E-state index is 9.70. The van der Waals surface area contributed by atoms with Crippen LogP contribution < -0.4 is 5.32 Å². The maximum Gasteiger partial charge on any atom is 0.0564 e. The third-order valence-electron chi connectivity index (χ3n) is 4.70. The van der Waals surface area contributed by atoms with Crippen LogP contribution in [0.5, 0.6) is 0 Å². The third kappa shape index (κ3) is 6.40. The Labute approximate surface area is 155 Å². The van der Waals surface area contributed by atoms with Crippen LogP contribution in [0, 0.1) is 0 Å². The van der Waals surface area contributed by atoms with E-state index in [1.807, 2.05) is 17.4 Å². The van der Waals surface area contributed by atoms with Crippen LogP contribution in [-0.4, -0.2) is 48.3 Å². The Balaban J connectivity index is 1.51. The molecule has 3 rings (SSSR count). The molecule has 0 aliphatic carbocycles. The summed E-state index contributed by atoms with van der Waals surface area (Å²) < 4.78 is 0. The van der Waals surface area contributed by atoms with E-state index in [4.69, 9.17) is 0 Å². The van der Waals surface area contributed by atoms with Gasteiger partial charge in [-0.05, 0) is 36.3 Å². The van der Waals surface area contributed by atoms with Gasteiger partial charge in [-0.3, -0.25) is 0 Å². The van der Waals surface area contributed by atoms with Crippen LogP contribution in [0.1, 0.15) is 23.3 Å². The first-order valence-electron chi connectivity index (χ1n) is 9.17. The Morgan fingerprint density at radius 2 is 1.96 bits per heavy atom. The van der Waals surface area contributed by atoms with E-state index in [1.54, 1.807) is 0 Å². The van der Waals surface area contributed by atoms with E-state index in [0.717, 1.165) is 45.4 Å². The van der Waals surface area contributed by atoms with Crippen LogP contribution in [0.4, 0.5) is 0 Å². The number of likely N-dealkylation sites (tertiary alicyclic amines) is 1. The van der Waals surface area contributed by atoms with Gasteiger partial charge in [-0.15, -0.1) is 11.3 Å². The predicted octanol–water partition coefficient (Wildman–Crippen LogP) is 3.42. The SMILES string of the molecule is OC1CCN(CC(Cc2cccs2)NC/C=C/c2ccccc2)CC1. The summed E-state index contributed by atoms with van der Waals surface area (Å²) in [5, 5.41) is 15.6. The van der Waals surface area contributed by atoms with Gasteiger partial charge in [0.2, 0.25) is 0 Å². The minimum Gasteiger partial charge on any atom is -0.393 e. The molecule has 0 saturated carbocycles. The summed E-state index contributed by atoms with van der Waals surface area (Å²) >= 11 is 1.83. The Morgan fingerprint density at radius 1 is 1.16 bits per heavy atom. The van der Waals surface area contributed by atoms with Gasteiger partial charge in [0.1, 0.15) is 0 Å². The predicted molar refractivity (Wildman–Crippen MR) is 107 cm³/mol. The zero-order valence-electron chi connectivity index (χ0n) is 14.7. The molecule has 134 valence electrons. The Kier molecular flexibility index (Phi) is 7.24. The van der Waals surface area contributed by atoms with Crippen molar-refractivity contribution in [3.05, 3.63) is 64.4 Å². The number of hydrogen-bond donors (Lipinski definition) is 2. The number of nitrogens with zero attached hydrogens (tertiary/aromatic N) is 1. The van der Waals surface area contributed by atoms with E-state index in [1.165, 1.54) is 10.4 Å². The first kappa shape index (κ1) is 18.3. The molecule has 3 nitrogen and oxygen atoms in total. The molecule has 1 atom stereocenters. The Morgan fingerprint density at radius 3 is 2.68 bits per heavy atom. The van der Waals surface area contributed by atoms with Crippen LogP contribution >= 0.6 is 11.3 Å². The zero-order chi connectivity index (χ0) is 17.3. The summed E-state index contributed by atoms with van der Waals surface area (Å²) in [5.74, 6) is 0. The highest BCUT2D eigenvalue weighted by molar-refractivity contribution is 7.09. The van der Waals surface area contributed by atoms with Crippen molar-refractivity contribution >= 4 is 17.4 Å². The molecule has 1 unspecified atom stereocenters. The van der Waals surface area contributed by atoms with Gasteiger partial charge in [0.25, 0.3) is 0 Å². The number of benzene rings is 1. The normalized spacial score (nSPS) is 18.0. The lowest BCUT2D eigenvalue weighted by molar-refractivity contribution is 0.0779. The van der Waals surface area contributed by atoms with Crippen LogP contribution in [0.25, 0.3) is 6.08 Å². The van der Waals surface area contributed by atoms with Crippen LogP contribution in [0.15, 0.2) is 53.9 Å². The smallest absolute Gasteiger partial charge is 0.0564 e. The molecule has 2 heterocycles. The molecule has 1 aliphatic rings. The topological polar surface area (TPSA) is 35.5 Å². The highest BCUT2D eigenvalue weighted by atomic mass is 32.1. The second kappa shape index (κ2) is 9.88. The largest absolute Gasteiger partial charge is 0.393 e. The van der Waals surface area contributed by atoms with Crippen molar-refractivity contribution < 1.29 is 5.11 Å². The van der Waals surface area contributed by atoms with Gasteiger partial charge in [0, 0.05) is 37.1 Å². The van der Waals surface area contributed by atoms with Crippen molar-refractivity contribution in [3.8, 4) is 0 Å². The fourth-order valence-electron chi connectivity index (χ4n) is 3.28. The number of thiophene rings is 1. The minimum atomic E-state index is -0.103. The molecule has 0 radical (unpaired) electrons. The van der Waals surface area contributed by atoms with Crippen molar-refractivity contribution in [1.29, 1.82) is 0 Å². The lowest BCUT2D eigenvalue weighted by atomic mass is 10.1. The average molecular weight is 357 g/mol. The summed E-state index contributed by atoms with van der Waals surface area (Å²) in [7, 11) is 0. The molecule has 1 fully saturated rings. The summed E-state index contributed by atoms with van der Waals surface area (Å²) in [6.07, 6.45) is 7.15. The molecule has 1 aromatic heterocycles.